The van der Waals surface area contributed by atoms with Crippen LogP contribution in [-0.4, -0.2) is 31.7 Å². The molecule has 2 aromatic heterocycles. The predicted molar refractivity (Wildman–Crippen MR) is 143 cm³/mol. The number of nitrogens with one attached hydrogen (secondary N) is 2. The normalized spacial score (nSPS) is 11.9. The summed E-state index contributed by atoms with van der Waals surface area (Å²) in [6, 6.07) is 16.7. The maximum absolute atomic E-state index is 13.1. The third-order valence-electron chi connectivity index (χ3n) is 6.07. The Kier molecular flexibility index (Phi) is 7.59. The van der Waals surface area contributed by atoms with Crippen LogP contribution < -0.4 is 10.6 Å². The van der Waals surface area contributed by atoms with Crippen LogP contribution in [0.5, 0.6) is 5.75 Å². The average Bonchev–Trinajstić information content (AvgIpc) is 3.43. The van der Waals surface area contributed by atoms with Crippen LogP contribution in [0.3, 0.4) is 0 Å². The summed E-state index contributed by atoms with van der Waals surface area (Å²) in [6.45, 7) is 8.60. The number of carbonyl (C=O) groups excluding carboxylic acids is 1. The summed E-state index contributed by atoms with van der Waals surface area (Å²) in [5, 5.41) is 17.5. The summed E-state index contributed by atoms with van der Waals surface area (Å²) in [7, 11) is 1.71. The SMILES string of the molecule is Cc1cc([C@H](Nc2nsnc2Nc2cccc(C(=O)N(C)Cc3ccccc3)c2O)C(C)C)oc1C. The molecule has 2 heterocycles. The molecule has 8 nitrogen and oxygen atoms in total. The number of carbonyl (C=O) groups is 1. The minimum atomic E-state index is -0.279. The number of hydrogen-bond donors (Lipinski definition) is 3. The number of benzene rings is 2. The van der Waals surface area contributed by atoms with E-state index in [1.54, 1.807) is 30.1 Å². The first kappa shape index (κ1) is 25.2. The molecule has 188 valence electrons. The lowest BCUT2D eigenvalue weighted by Crippen LogP contribution is -2.26. The molecule has 0 aliphatic rings. The molecule has 2 aromatic carbocycles. The van der Waals surface area contributed by atoms with Crippen LogP contribution in [0, 0.1) is 19.8 Å². The number of furan rings is 1. The van der Waals surface area contributed by atoms with Crippen molar-refractivity contribution < 1.29 is 14.3 Å². The number of hydrogen-bond acceptors (Lipinski definition) is 8. The van der Waals surface area contributed by atoms with Gasteiger partial charge in [0.25, 0.3) is 5.91 Å². The maximum atomic E-state index is 13.1. The second-order valence-electron chi connectivity index (χ2n) is 9.19. The Bertz CT molecular complexity index is 1310. The Labute approximate surface area is 215 Å². The van der Waals surface area contributed by atoms with Crippen molar-refractivity contribution in [3.8, 4) is 5.75 Å². The molecule has 0 radical (unpaired) electrons. The van der Waals surface area contributed by atoms with Crippen molar-refractivity contribution in [3.63, 3.8) is 0 Å². The highest BCUT2D eigenvalue weighted by Crippen LogP contribution is 2.35. The van der Waals surface area contributed by atoms with Gasteiger partial charge in [0, 0.05) is 13.6 Å². The van der Waals surface area contributed by atoms with Crippen molar-refractivity contribution in [1.82, 2.24) is 13.6 Å². The van der Waals surface area contributed by atoms with Gasteiger partial charge >= 0.3 is 0 Å². The van der Waals surface area contributed by atoms with Crippen LogP contribution in [0.2, 0.25) is 0 Å². The summed E-state index contributed by atoms with van der Waals surface area (Å²) < 4.78 is 14.7. The zero-order chi connectivity index (χ0) is 25.8. The van der Waals surface area contributed by atoms with E-state index in [0.717, 1.165) is 34.4 Å². The van der Waals surface area contributed by atoms with E-state index in [2.05, 4.69) is 33.2 Å². The number of phenolic OH excluding ortho intramolecular Hbond substituents is 1. The summed E-state index contributed by atoms with van der Waals surface area (Å²) in [5.41, 5.74) is 2.68. The van der Waals surface area contributed by atoms with Crippen LogP contribution in [0.4, 0.5) is 17.3 Å². The van der Waals surface area contributed by atoms with Gasteiger partial charge < -0.3 is 25.1 Å². The van der Waals surface area contributed by atoms with E-state index >= 15 is 0 Å². The maximum Gasteiger partial charge on any atom is 0.257 e. The van der Waals surface area contributed by atoms with Crippen molar-refractivity contribution in [2.75, 3.05) is 17.7 Å². The number of anilines is 3. The monoisotopic (exact) mass is 505 g/mol. The molecule has 36 heavy (non-hydrogen) atoms. The van der Waals surface area contributed by atoms with Crippen molar-refractivity contribution in [2.45, 2.75) is 40.3 Å². The number of para-hydroxylation sites is 1. The van der Waals surface area contributed by atoms with Gasteiger partial charge in [0.15, 0.2) is 17.4 Å². The summed E-state index contributed by atoms with van der Waals surface area (Å²) in [6.07, 6.45) is 0. The van der Waals surface area contributed by atoms with Crippen LogP contribution in [0.15, 0.2) is 59.0 Å². The summed E-state index contributed by atoms with van der Waals surface area (Å²) in [4.78, 5) is 14.7. The van der Waals surface area contributed by atoms with Gasteiger partial charge in [-0.15, -0.1) is 0 Å². The fraction of sp³-hybridized carbons (Fsp3) is 0.296. The molecule has 0 spiro atoms. The minimum absolute atomic E-state index is 0.116. The van der Waals surface area contributed by atoms with Gasteiger partial charge in [0.2, 0.25) is 0 Å². The molecule has 4 rings (SSSR count). The van der Waals surface area contributed by atoms with E-state index < -0.39 is 0 Å². The van der Waals surface area contributed by atoms with Crippen molar-refractivity contribution >= 4 is 35.0 Å². The molecular weight excluding hydrogens is 474 g/mol. The molecular formula is C27H31N5O3S. The lowest BCUT2D eigenvalue weighted by Gasteiger charge is -2.21. The Hall–Kier alpha value is -3.85. The van der Waals surface area contributed by atoms with Gasteiger partial charge in [0.1, 0.15) is 11.5 Å². The summed E-state index contributed by atoms with van der Waals surface area (Å²) >= 11 is 1.05. The molecule has 0 bridgehead atoms. The van der Waals surface area contributed by atoms with Crippen molar-refractivity contribution in [2.24, 2.45) is 5.92 Å². The fourth-order valence-corrected chi connectivity index (χ4v) is 4.39. The van der Waals surface area contributed by atoms with Gasteiger partial charge in [-0.05, 0) is 49.1 Å². The molecule has 0 aliphatic carbocycles. The molecule has 1 amide bonds. The third-order valence-corrected chi connectivity index (χ3v) is 6.60. The number of aromatic hydroxyl groups is 1. The van der Waals surface area contributed by atoms with Gasteiger partial charge in [0.05, 0.1) is 29.0 Å². The number of aromatic nitrogens is 2. The third kappa shape index (κ3) is 5.52. The van der Waals surface area contributed by atoms with E-state index in [-0.39, 0.29) is 29.2 Å². The predicted octanol–water partition coefficient (Wildman–Crippen LogP) is 6.28. The van der Waals surface area contributed by atoms with Crippen LogP contribution in [0.25, 0.3) is 0 Å². The van der Waals surface area contributed by atoms with Crippen LogP contribution >= 0.6 is 11.7 Å². The number of phenols is 1. The Morgan fingerprint density at radius 1 is 1.08 bits per heavy atom. The van der Waals surface area contributed by atoms with E-state index in [1.807, 2.05) is 50.2 Å². The molecule has 0 fully saturated rings. The zero-order valence-corrected chi connectivity index (χ0v) is 21.9. The molecule has 9 heteroatoms. The molecule has 4 aromatic rings. The fourth-order valence-electron chi connectivity index (χ4n) is 3.91. The molecule has 0 saturated carbocycles. The lowest BCUT2D eigenvalue weighted by atomic mass is 10.0. The van der Waals surface area contributed by atoms with E-state index in [4.69, 9.17) is 4.42 Å². The van der Waals surface area contributed by atoms with Gasteiger partial charge in [-0.1, -0.05) is 50.2 Å². The summed E-state index contributed by atoms with van der Waals surface area (Å²) in [5.74, 6) is 2.52. The second-order valence-corrected chi connectivity index (χ2v) is 9.72. The number of aryl methyl sites for hydroxylation is 2. The second kappa shape index (κ2) is 10.8. The van der Waals surface area contributed by atoms with Crippen molar-refractivity contribution in [1.29, 1.82) is 0 Å². The Balaban J connectivity index is 1.53. The van der Waals surface area contributed by atoms with E-state index in [9.17, 15) is 9.90 Å². The standard InChI is InChI=1S/C27H31N5O3S/c1-16(2)23(22-14-17(3)18(4)35-22)29-26-25(30-36-31-26)28-21-13-9-12-20(24(21)33)27(34)32(5)15-19-10-7-6-8-11-19/h6-14,16,23,33H,15H2,1-5H3,(H,28,30)(H,29,31)/t23-/m1/s1. The molecule has 3 N–H and O–H groups in total. The Morgan fingerprint density at radius 3 is 2.47 bits per heavy atom. The first-order valence-corrected chi connectivity index (χ1v) is 12.5. The number of nitrogens with zero attached hydrogens (tertiary/aromatic N) is 3. The smallest absolute Gasteiger partial charge is 0.257 e. The first-order valence-electron chi connectivity index (χ1n) is 11.8. The molecule has 0 aliphatic heterocycles. The van der Waals surface area contributed by atoms with Crippen molar-refractivity contribution in [3.05, 3.63) is 82.8 Å². The zero-order valence-electron chi connectivity index (χ0n) is 21.1. The highest BCUT2D eigenvalue weighted by atomic mass is 32.1. The Morgan fingerprint density at radius 2 is 1.81 bits per heavy atom. The molecule has 0 unspecified atom stereocenters. The highest BCUT2D eigenvalue weighted by Gasteiger charge is 2.24. The number of amides is 1. The first-order chi connectivity index (χ1) is 17.2. The van der Waals surface area contributed by atoms with Crippen LogP contribution in [0.1, 0.15) is 52.9 Å². The number of rotatable bonds is 9. The van der Waals surface area contributed by atoms with Gasteiger partial charge in [-0.2, -0.15) is 8.75 Å². The highest BCUT2D eigenvalue weighted by molar-refractivity contribution is 6.99. The van der Waals surface area contributed by atoms with E-state index in [1.165, 1.54) is 0 Å². The van der Waals surface area contributed by atoms with Crippen LogP contribution in [-0.2, 0) is 6.54 Å². The van der Waals surface area contributed by atoms with E-state index in [0.29, 0.717) is 23.9 Å². The molecule has 0 saturated heterocycles. The van der Waals surface area contributed by atoms with Gasteiger partial charge in [-0.3, -0.25) is 4.79 Å². The minimum Gasteiger partial charge on any atom is -0.505 e. The van der Waals surface area contributed by atoms with Gasteiger partial charge in [-0.25, -0.2) is 0 Å². The quantitative estimate of drug-likeness (QED) is 0.230. The largest absolute Gasteiger partial charge is 0.505 e. The average molecular weight is 506 g/mol. The topological polar surface area (TPSA) is 104 Å². The lowest BCUT2D eigenvalue weighted by molar-refractivity contribution is 0.0782. The molecule has 1 atom stereocenters.